The zero-order valence-electron chi connectivity index (χ0n) is 19.8. The summed E-state index contributed by atoms with van der Waals surface area (Å²) in [4.78, 5) is 33.1. The molecular weight excluding hydrogens is 442 g/mol. The third-order valence-corrected chi connectivity index (χ3v) is 5.50. The lowest BCUT2D eigenvalue weighted by atomic mass is 9.94. The molecule has 0 unspecified atom stereocenters. The number of aromatic nitrogens is 1. The number of hydrogen-bond acceptors (Lipinski definition) is 6. The number of pyridine rings is 1. The van der Waals surface area contributed by atoms with Crippen molar-refractivity contribution in [2.75, 3.05) is 7.11 Å². The van der Waals surface area contributed by atoms with E-state index in [1.54, 1.807) is 12.3 Å². The van der Waals surface area contributed by atoms with E-state index in [9.17, 15) is 4.79 Å². The zero-order chi connectivity index (χ0) is 25.2. The molecule has 0 radical (unpaired) electrons. The van der Waals surface area contributed by atoms with Gasteiger partial charge in [-0.25, -0.2) is 4.79 Å². The molecule has 1 aromatic heterocycles. The average Bonchev–Trinajstić information content (AvgIpc) is 2.88. The van der Waals surface area contributed by atoms with Crippen molar-refractivity contribution in [2.45, 2.75) is 20.5 Å². The molecule has 0 atom stereocenters. The molecule has 35 heavy (non-hydrogen) atoms. The summed E-state index contributed by atoms with van der Waals surface area (Å²) in [5.41, 5.74) is 7.48. The smallest absolute Gasteiger partial charge is 0.373 e. The van der Waals surface area contributed by atoms with E-state index in [1.165, 1.54) is 7.11 Å². The van der Waals surface area contributed by atoms with E-state index in [0.717, 1.165) is 39.1 Å². The average molecular weight is 468 g/mol. The highest BCUT2D eigenvalue weighted by Crippen LogP contribution is 2.34. The van der Waals surface area contributed by atoms with Gasteiger partial charge >= 0.3 is 12.1 Å². The van der Waals surface area contributed by atoms with Crippen LogP contribution in [-0.2, 0) is 20.9 Å². The second-order valence-electron chi connectivity index (χ2n) is 7.74. The van der Waals surface area contributed by atoms with Gasteiger partial charge in [-0.15, -0.1) is 0 Å². The number of esters is 1. The SMILES string of the molecule is COC(=O)c1ccccc1-c1cc(OCc2ncccc2C)cc(-c2ccccc2C)c1.O=C=O. The molecule has 0 bridgehead atoms. The van der Waals surface area contributed by atoms with Crippen molar-refractivity contribution in [3.63, 3.8) is 0 Å². The van der Waals surface area contributed by atoms with Crippen LogP contribution in [0.25, 0.3) is 22.3 Å². The quantitative estimate of drug-likeness (QED) is 0.333. The Bertz CT molecular complexity index is 1360. The fourth-order valence-electron chi connectivity index (χ4n) is 3.73. The van der Waals surface area contributed by atoms with Gasteiger partial charge < -0.3 is 9.47 Å². The fourth-order valence-corrected chi connectivity index (χ4v) is 3.73. The number of rotatable bonds is 6. The lowest BCUT2D eigenvalue weighted by Crippen LogP contribution is -2.04. The summed E-state index contributed by atoms with van der Waals surface area (Å²) in [6, 6.07) is 25.7. The number of nitrogens with zero attached hydrogens (tertiary/aromatic N) is 1. The van der Waals surface area contributed by atoms with Crippen LogP contribution in [-0.4, -0.2) is 24.2 Å². The summed E-state index contributed by atoms with van der Waals surface area (Å²) in [7, 11) is 1.40. The second-order valence-corrected chi connectivity index (χ2v) is 7.74. The van der Waals surface area contributed by atoms with E-state index in [4.69, 9.17) is 19.1 Å². The molecule has 0 saturated heterocycles. The molecule has 0 aliphatic carbocycles. The molecule has 6 heteroatoms. The predicted octanol–water partition coefficient (Wildman–Crippen LogP) is 5.81. The van der Waals surface area contributed by atoms with Crippen molar-refractivity contribution in [1.82, 2.24) is 4.98 Å². The molecule has 0 N–H and O–H groups in total. The molecule has 0 amide bonds. The van der Waals surface area contributed by atoms with Gasteiger partial charge in [0.25, 0.3) is 0 Å². The Morgan fingerprint density at radius 1 is 0.829 bits per heavy atom. The van der Waals surface area contributed by atoms with E-state index in [0.29, 0.717) is 17.9 Å². The molecule has 4 rings (SSSR count). The van der Waals surface area contributed by atoms with E-state index >= 15 is 0 Å². The van der Waals surface area contributed by atoms with Gasteiger partial charge in [-0.05, 0) is 77.6 Å². The lowest BCUT2D eigenvalue weighted by Gasteiger charge is -2.15. The molecule has 176 valence electrons. The van der Waals surface area contributed by atoms with Crippen LogP contribution in [0.3, 0.4) is 0 Å². The van der Waals surface area contributed by atoms with Crippen LogP contribution < -0.4 is 4.74 Å². The maximum Gasteiger partial charge on any atom is 0.373 e. The van der Waals surface area contributed by atoms with Crippen molar-refractivity contribution in [3.8, 4) is 28.0 Å². The van der Waals surface area contributed by atoms with E-state index in [-0.39, 0.29) is 12.1 Å². The van der Waals surface area contributed by atoms with Gasteiger partial charge in [-0.1, -0.05) is 48.5 Å². The first-order valence-electron chi connectivity index (χ1n) is 10.9. The topological polar surface area (TPSA) is 82.6 Å². The van der Waals surface area contributed by atoms with Gasteiger partial charge in [-0.3, -0.25) is 4.98 Å². The Morgan fingerprint density at radius 3 is 2.09 bits per heavy atom. The number of ether oxygens (including phenoxy) is 2. The summed E-state index contributed by atoms with van der Waals surface area (Å²) in [5.74, 6) is 0.346. The van der Waals surface area contributed by atoms with Crippen molar-refractivity contribution in [1.29, 1.82) is 0 Å². The maximum absolute atomic E-state index is 12.4. The minimum Gasteiger partial charge on any atom is -0.487 e. The first-order chi connectivity index (χ1) is 17.0. The second kappa shape index (κ2) is 12.1. The van der Waals surface area contributed by atoms with Gasteiger partial charge in [0, 0.05) is 6.20 Å². The number of benzene rings is 3. The molecule has 0 aliphatic rings. The molecule has 0 spiro atoms. The third-order valence-electron chi connectivity index (χ3n) is 5.50. The highest BCUT2D eigenvalue weighted by molar-refractivity contribution is 5.97. The summed E-state index contributed by atoms with van der Waals surface area (Å²) in [5, 5.41) is 0. The van der Waals surface area contributed by atoms with E-state index < -0.39 is 0 Å². The van der Waals surface area contributed by atoms with Gasteiger partial charge in [-0.2, -0.15) is 9.59 Å². The predicted molar refractivity (Wildman–Crippen MR) is 132 cm³/mol. The number of aryl methyl sites for hydroxylation is 2. The van der Waals surface area contributed by atoms with Crippen LogP contribution in [0.5, 0.6) is 5.75 Å². The van der Waals surface area contributed by atoms with Crippen LogP contribution in [0.15, 0.2) is 85.1 Å². The van der Waals surface area contributed by atoms with Crippen LogP contribution in [0.1, 0.15) is 27.2 Å². The number of methoxy groups -OCH3 is 1. The number of carbonyl (C=O) groups is 1. The highest BCUT2D eigenvalue weighted by Gasteiger charge is 2.15. The summed E-state index contributed by atoms with van der Waals surface area (Å²) >= 11 is 0. The van der Waals surface area contributed by atoms with Gasteiger partial charge in [0.05, 0.1) is 18.4 Å². The van der Waals surface area contributed by atoms with Crippen molar-refractivity contribution in [2.24, 2.45) is 0 Å². The normalized spacial score (nSPS) is 9.91. The Hall–Kier alpha value is -4.54. The summed E-state index contributed by atoms with van der Waals surface area (Å²) in [6.07, 6.45) is 2.02. The van der Waals surface area contributed by atoms with Crippen LogP contribution in [0.2, 0.25) is 0 Å². The molecule has 0 saturated carbocycles. The van der Waals surface area contributed by atoms with Crippen LogP contribution in [0, 0.1) is 13.8 Å². The van der Waals surface area contributed by atoms with Crippen molar-refractivity contribution in [3.05, 3.63) is 107 Å². The first-order valence-corrected chi connectivity index (χ1v) is 10.9. The monoisotopic (exact) mass is 467 g/mol. The molecular formula is C29H25NO5. The molecule has 0 fully saturated rings. The highest BCUT2D eigenvalue weighted by atomic mass is 16.5. The first kappa shape index (κ1) is 25.1. The molecule has 3 aromatic carbocycles. The zero-order valence-corrected chi connectivity index (χ0v) is 19.8. The largest absolute Gasteiger partial charge is 0.487 e. The van der Waals surface area contributed by atoms with Gasteiger partial charge in [0.1, 0.15) is 12.4 Å². The van der Waals surface area contributed by atoms with Gasteiger partial charge in [0.2, 0.25) is 0 Å². The fraction of sp³-hybridized carbons (Fsp3) is 0.138. The Morgan fingerprint density at radius 2 is 1.43 bits per heavy atom. The molecule has 1 heterocycles. The van der Waals surface area contributed by atoms with Crippen molar-refractivity contribution >= 4 is 12.1 Å². The minimum absolute atomic E-state index is 0.250. The molecule has 0 aliphatic heterocycles. The van der Waals surface area contributed by atoms with E-state index in [1.807, 2.05) is 61.5 Å². The Kier molecular flexibility index (Phi) is 8.65. The van der Waals surface area contributed by atoms with Crippen LogP contribution in [0.4, 0.5) is 0 Å². The number of carbonyl (C=O) groups excluding carboxylic acids is 3. The Labute approximate surface area is 204 Å². The molecule has 4 aromatic rings. The standard InChI is InChI=1S/C28H25NO3.CO2/c1-19-9-4-5-11-24(19)21-15-22(25-12-6-7-13-26(25)28(30)31-3)17-23(16-21)32-18-27-20(2)10-8-14-29-27;2-1-3/h4-17H,18H2,1-3H3;. The summed E-state index contributed by atoms with van der Waals surface area (Å²) < 4.78 is 11.2. The summed E-state index contributed by atoms with van der Waals surface area (Å²) in [6.45, 7) is 4.47. The lowest BCUT2D eigenvalue weighted by molar-refractivity contribution is -0.191. The minimum atomic E-state index is -0.367. The Balaban J connectivity index is 0.00000108. The van der Waals surface area contributed by atoms with Gasteiger partial charge in [0.15, 0.2) is 0 Å². The maximum atomic E-state index is 12.4. The molecule has 6 nitrogen and oxygen atoms in total. The van der Waals surface area contributed by atoms with E-state index in [2.05, 4.69) is 30.1 Å². The third kappa shape index (κ3) is 6.28. The number of hydrogen-bond donors (Lipinski definition) is 0. The van der Waals surface area contributed by atoms with Crippen LogP contribution >= 0.6 is 0 Å². The van der Waals surface area contributed by atoms with Crippen molar-refractivity contribution < 1.29 is 23.9 Å².